The van der Waals surface area contributed by atoms with E-state index in [9.17, 15) is 4.79 Å². The summed E-state index contributed by atoms with van der Waals surface area (Å²) in [4.78, 5) is 12.2. The fraction of sp³-hybridized carbons (Fsp3) is 0.0500. The molecule has 1 amide bonds. The van der Waals surface area contributed by atoms with Crippen LogP contribution in [0.2, 0.25) is 15.1 Å². The number of carbonyl (C=O) groups is 1. The Balaban J connectivity index is 1.48. The van der Waals surface area contributed by atoms with Crippen molar-refractivity contribution >= 4 is 68.3 Å². The van der Waals surface area contributed by atoms with Gasteiger partial charge < -0.3 is 14.5 Å². The molecule has 1 N–H and O–H groups in total. The van der Waals surface area contributed by atoms with Gasteiger partial charge in [-0.3, -0.25) is 4.79 Å². The molecule has 0 saturated carbocycles. The lowest BCUT2D eigenvalue weighted by atomic mass is 10.1. The molecular formula is C20H12Cl3NO3. The fourth-order valence-electron chi connectivity index (χ4n) is 2.76. The Morgan fingerprint density at radius 2 is 1.63 bits per heavy atom. The summed E-state index contributed by atoms with van der Waals surface area (Å²) in [5, 5.41) is 5.68. The van der Waals surface area contributed by atoms with Crippen molar-refractivity contribution in [2.45, 2.75) is 0 Å². The first-order valence-electron chi connectivity index (χ1n) is 8.00. The number of hydrogen-bond acceptors (Lipinski definition) is 3. The van der Waals surface area contributed by atoms with Crippen LogP contribution in [0.1, 0.15) is 0 Å². The summed E-state index contributed by atoms with van der Waals surface area (Å²) in [5.74, 6) is -0.0541. The molecule has 0 aliphatic heterocycles. The highest BCUT2D eigenvalue weighted by molar-refractivity contribution is 6.43. The fourth-order valence-corrected chi connectivity index (χ4v) is 3.35. The third-order valence-corrected chi connectivity index (χ3v) is 5.01. The van der Waals surface area contributed by atoms with E-state index < -0.39 is 0 Å². The van der Waals surface area contributed by atoms with Crippen LogP contribution in [0.4, 0.5) is 5.69 Å². The molecule has 0 bridgehead atoms. The number of fused-ring (bicyclic) bond motifs is 3. The first-order valence-corrected chi connectivity index (χ1v) is 9.13. The molecule has 4 aromatic rings. The maximum atomic E-state index is 12.2. The van der Waals surface area contributed by atoms with E-state index in [4.69, 9.17) is 44.0 Å². The summed E-state index contributed by atoms with van der Waals surface area (Å²) in [6.07, 6.45) is 0. The second-order valence-corrected chi connectivity index (χ2v) is 7.06. The lowest BCUT2D eigenvalue weighted by Gasteiger charge is -2.10. The van der Waals surface area contributed by atoms with Crippen molar-refractivity contribution in [2.24, 2.45) is 0 Å². The zero-order valence-electron chi connectivity index (χ0n) is 13.8. The molecule has 1 aromatic heterocycles. The Kier molecular flexibility index (Phi) is 4.87. The SMILES string of the molecule is O=C(COc1cc(Cl)c(Cl)cc1Cl)Nc1ccc2c(c1)oc1ccccc12. The monoisotopic (exact) mass is 419 g/mol. The van der Waals surface area contributed by atoms with Crippen molar-refractivity contribution in [1.82, 2.24) is 0 Å². The predicted molar refractivity (Wildman–Crippen MR) is 109 cm³/mol. The molecule has 7 heteroatoms. The average molecular weight is 421 g/mol. The highest BCUT2D eigenvalue weighted by Crippen LogP contribution is 2.34. The molecule has 0 spiro atoms. The van der Waals surface area contributed by atoms with Crippen LogP contribution < -0.4 is 10.1 Å². The standard InChI is InChI=1S/C20H12Cl3NO3/c21-14-8-16(23)19(9-15(14)22)26-10-20(25)24-11-5-6-13-12-3-1-2-4-17(12)27-18(13)7-11/h1-9H,10H2,(H,24,25). The minimum absolute atomic E-state index is 0.226. The van der Waals surface area contributed by atoms with Crippen LogP contribution in [0.15, 0.2) is 59.0 Å². The third kappa shape index (κ3) is 3.69. The Morgan fingerprint density at radius 3 is 2.48 bits per heavy atom. The van der Waals surface area contributed by atoms with Crippen molar-refractivity contribution in [3.8, 4) is 5.75 Å². The Morgan fingerprint density at radius 1 is 0.889 bits per heavy atom. The predicted octanol–water partition coefficient (Wildman–Crippen LogP) is 6.56. The number of hydrogen-bond donors (Lipinski definition) is 1. The number of benzene rings is 3. The molecule has 136 valence electrons. The average Bonchev–Trinajstić information content (AvgIpc) is 3.01. The minimum Gasteiger partial charge on any atom is -0.482 e. The quantitative estimate of drug-likeness (QED) is 0.380. The Hall–Kier alpha value is -2.40. The number of amides is 1. The van der Waals surface area contributed by atoms with Gasteiger partial charge in [0.1, 0.15) is 16.9 Å². The van der Waals surface area contributed by atoms with Crippen LogP contribution >= 0.6 is 34.8 Å². The molecular weight excluding hydrogens is 409 g/mol. The van der Waals surface area contributed by atoms with Crippen molar-refractivity contribution < 1.29 is 13.9 Å². The maximum Gasteiger partial charge on any atom is 0.262 e. The van der Waals surface area contributed by atoms with Gasteiger partial charge in [0.15, 0.2) is 6.61 Å². The van der Waals surface area contributed by atoms with Gasteiger partial charge in [-0.15, -0.1) is 0 Å². The molecule has 1 heterocycles. The molecule has 4 rings (SSSR count). The molecule has 27 heavy (non-hydrogen) atoms. The summed E-state index contributed by atoms with van der Waals surface area (Å²) in [6, 6.07) is 16.2. The summed E-state index contributed by atoms with van der Waals surface area (Å²) < 4.78 is 11.2. The molecule has 0 fully saturated rings. The first kappa shape index (κ1) is 18.0. The van der Waals surface area contributed by atoms with Crippen LogP contribution in [0.5, 0.6) is 5.75 Å². The molecule has 0 aliphatic rings. The zero-order chi connectivity index (χ0) is 19.0. The van der Waals surface area contributed by atoms with Gasteiger partial charge in [0.25, 0.3) is 5.91 Å². The van der Waals surface area contributed by atoms with Gasteiger partial charge in [0.2, 0.25) is 0 Å². The van der Waals surface area contributed by atoms with E-state index in [0.717, 1.165) is 16.4 Å². The summed E-state index contributed by atoms with van der Waals surface area (Å²) in [7, 11) is 0. The smallest absolute Gasteiger partial charge is 0.262 e. The molecule has 0 radical (unpaired) electrons. The topological polar surface area (TPSA) is 51.5 Å². The maximum absolute atomic E-state index is 12.2. The van der Waals surface area contributed by atoms with E-state index >= 15 is 0 Å². The van der Waals surface area contributed by atoms with E-state index in [1.54, 1.807) is 6.07 Å². The van der Waals surface area contributed by atoms with Crippen molar-refractivity contribution in [2.75, 3.05) is 11.9 Å². The highest BCUT2D eigenvalue weighted by Gasteiger charge is 2.11. The Labute approximate surface area is 169 Å². The van der Waals surface area contributed by atoms with E-state index in [1.807, 2.05) is 36.4 Å². The lowest BCUT2D eigenvalue weighted by Crippen LogP contribution is -2.20. The summed E-state index contributed by atoms with van der Waals surface area (Å²) >= 11 is 17.8. The first-order chi connectivity index (χ1) is 13.0. The number of halogens is 3. The normalized spacial score (nSPS) is 11.1. The van der Waals surface area contributed by atoms with Gasteiger partial charge in [-0.25, -0.2) is 0 Å². The third-order valence-electron chi connectivity index (χ3n) is 4.00. The van der Waals surface area contributed by atoms with Crippen molar-refractivity contribution in [3.05, 3.63) is 69.7 Å². The van der Waals surface area contributed by atoms with Gasteiger partial charge in [0.05, 0.1) is 15.1 Å². The van der Waals surface area contributed by atoms with E-state index in [-0.39, 0.29) is 23.3 Å². The summed E-state index contributed by atoms with van der Waals surface area (Å²) in [5.41, 5.74) is 2.10. The number of anilines is 1. The molecule has 4 nitrogen and oxygen atoms in total. The zero-order valence-corrected chi connectivity index (χ0v) is 16.0. The minimum atomic E-state index is -0.340. The second kappa shape index (κ2) is 7.31. The van der Waals surface area contributed by atoms with Gasteiger partial charge in [-0.05, 0) is 24.3 Å². The van der Waals surface area contributed by atoms with Gasteiger partial charge in [-0.2, -0.15) is 0 Å². The van der Waals surface area contributed by atoms with Crippen LogP contribution in [0.3, 0.4) is 0 Å². The van der Waals surface area contributed by atoms with Gasteiger partial charge in [-0.1, -0.05) is 53.0 Å². The van der Waals surface area contributed by atoms with Crippen molar-refractivity contribution in [3.63, 3.8) is 0 Å². The van der Waals surface area contributed by atoms with E-state index in [2.05, 4.69) is 5.32 Å². The molecule has 0 saturated heterocycles. The number of para-hydroxylation sites is 1. The number of carbonyl (C=O) groups excluding carboxylic acids is 1. The molecule has 3 aromatic carbocycles. The van der Waals surface area contributed by atoms with Crippen LogP contribution in [-0.2, 0) is 4.79 Å². The largest absolute Gasteiger partial charge is 0.482 e. The summed E-state index contributed by atoms with van der Waals surface area (Å²) in [6.45, 7) is -0.226. The van der Waals surface area contributed by atoms with E-state index in [0.29, 0.717) is 21.3 Å². The van der Waals surface area contributed by atoms with E-state index in [1.165, 1.54) is 12.1 Å². The second-order valence-electron chi connectivity index (χ2n) is 5.84. The number of ether oxygens (including phenoxy) is 1. The van der Waals surface area contributed by atoms with Gasteiger partial charge >= 0.3 is 0 Å². The van der Waals surface area contributed by atoms with Crippen LogP contribution in [-0.4, -0.2) is 12.5 Å². The molecule has 0 atom stereocenters. The lowest BCUT2D eigenvalue weighted by molar-refractivity contribution is -0.118. The van der Waals surface area contributed by atoms with Crippen LogP contribution in [0, 0.1) is 0 Å². The number of nitrogens with one attached hydrogen (secondary N) is 1. The number of rotatable bonds is 4. The van der Waals surface area contributed by atoms with Gasteiger partial charge in [0, 0.05) is 28.6 Å². The molecule has 0 unspecified atom stereocenters. The van der Waals surface area contributed by atoms with Crippen molar-refractivity contribution in [1.29, 1.82) is 0 Å². The Bertz CT molecular complexity index is 1170. The molecule has 0 aliphatic carbocycles. The highest BCUT2D eigenvalue weighted by atomic mass is 35.5. The number of furan rings is 1. The van der Waals surface area contributed by atoms with Crippen LogP contribution in [0.25, 0.3) is 21.9 Å².